The molecule has 1 atom stereocenters. The van der Waals surface area contributed by atoms with Crippen LogP contribution in [-0.2, 0) is 0 Å². The third kappa shape index (κ3) is 3.33. The summed E-state index contributed by atoms with van der Waals surface area (Å²) < 4.78 is 1.30. The monoisotopic (exact) mass is 378 g/mol. The lowest BCUT2D eigenvalue weighted by Gasteiger charge is -2.27. The Kier molecular flexibility index (Phi) is 4.58. The van der Waals surface area contributed by atoms with Crippen LogP contribution >= 0.6 is 22.6 Å². The average Bonchev–Trinajstić information content (AvgIpc) is 2.74. The van der Waals surface area contributed by atoms with Crippen molar-refractivity contribution in [3.8, 4) is 0 Å². The molecule has 104 valence electrons. The highest BCUT2D eigenvalue weighted by molar-refractivity contribution is 14.1. The largest absolute Gasteiger partial charge is 0.370 e. The van der Waals surface area contributed by atoms with Crippen molar-refractivity contribution in [1.29, 1.82) is 0 Å². The molecule has 2 aromatic rings. The molecule has 1 saturated heterocycles. The zero-order chi connectivity index (χ0) is 13.8. The normalized spacial score (nSPS) is 19.6. The summed E-state index contributed by atoms with van der Waals surface area (Å²) in [5, 5.41) is 3.67. The van der Waals surface area contributed by atoms with Gasteiger partial charge in [-0.25, -0.2) is 0 Å². The van der Waals surface area contributed by atoms with Gasteiger partial charge in [0.15, 0.2) is 0 Å². The van der Waals surface area contributed by atoms with Gasteiger partial charge in [0.05, 0.1) is 0 Å². The Hall–Kier alpha value is -1.07. The van der Waals surface area contributed by atoms with E-state index >= 15 is 0 Å². The summed E-state index contributed by atoms with van der Waals surface area (Å²) in [6, 6.07) is 20.0. The van der Waals surface area contributed by atoms with Crippen molar-refractivity contribution in [1.82, 2.24) is 5.32 Å². The fraction of sp³-hybridized carbons (Fsp3) is 0.294. The minimum absolute atomic E-state index is 0.413. The summed E-state index contributed by atoms with van der Waals surface area (Å²) >= 11 is 2.39. The van der Waals surface area contributed by atoms with Crippen molar-refractivity contribution < 1.29 is 0 Å². The maximum Gasteiger partial charge on any atom is 0.0498 e. The third-order valence-corrected chi connectivity index (χ3v) is 4.44. The lowest BCUT2D eigenvalue weighted by molar-refractivity contribution is 0.570. The highest BCUT2D eigenvalue weighted by Crippen LogP contribution is 2.23. The quantitative estimate of drug-likeness (QED) is 0.800. The highest BCUT2D eigenvalue weighted by atomic mass is 127. The molecule has 3 rings (SSSR count). The van der Waals surface area contributed by atoms with E-state index in [1.54, 1.807) is 0 Å². The van der Waals surface area contributed by atoms with Gasteiger partial charge in [0, 0.05) is 28.4 Å². The third-order valence-electron chi connectivity index (χ3n) is 3.77. The van der Waals surface area contributed by atoms with Gasteiger partial charge in [-0.1, -0.05) is 36.4 Å². The Morgan fingerprint density at radius 1 is 1.05 bits per heavy atom. The van der Waals surface area contributed by atoms with Crippen molar-refractivity contribution in [2.45, 2.75) is 12.5 Å². The van der Waals surface area contributed by atoms with Crippen LogP contribution in [0.3, 0.4) is 0 Å². The molecule has 0 aromatic heterocycles. The van der Waals surface area contributed by atoms with Gasteiger partial charge in [-0.2, -0.15) is 0 Å². The molecule has 2 nitrogen and oxygen atoms in total. The number of nitrogens with one attached hydrogen (secondary N) is 1. The molecule has 0 radical (unpaired) electrons. The van der Waals surface area contributed by atoms with Crippen molar-refractivity contribution >= 4 is 28.3 Å². The molecule has 1 heterocycles. The Morgan fingerprint density at radius 3 is 2.70 bits per heavy atom. The molecule has 0 saturated carbocycles. The summed E-state index contributed by atoms with van der Waals surface area (Å²) in [5.41, 5.74) is 2.71. The van der Waals surface area contributed by atoms with Gasteiger partial charge in [-0.05, 0) is 59.3 Å². The summed E-state index contributed by atoms with van der Waals surface area (Å²) in [4.78, 5) is 2.50. The maximum atomic E-state index is 3.67. The first-order valence-corrected chi connectivity index (χ1v) is 8.19. The van der Waals surface area contributed by atoms with Gasteiger partial charge in [0.1, 0.15) is 0 Å². The Morgan fingerprint density at radius 2 is 1.90 bits per heavy atom. The number of nitrogens with zero attached hydrogens (tertiary/aromatic N) is 1. The number of hydrogen-bond donors (Lipinski definition) is 1. The van der Waals surface area contributed by atoms with E-state index in [-0.39, 0.29) is 0 Å². The summed E-state index contributed by atoms with van der Waals surface area (Å²) in [5.74, 6) is 0. The summed E-state index contributed by atoms with van der Waals surface area (Å²) in [6.07, 6.45) is 1.19. The van der Waals surface area contributed by atoms with Crippen LogP contribution in [0.1, 0.15) is 18.0 Å². The predicted molar refractivity (Wildman–Crippen MR) is 93.2 cm³/mol. The predicted octanol–water partition coefficient (Wildman–Crippen LogP) is 3.83. The molecule has 0 bridgehead atoms. The minimum Gasteiger partial charge on any atom is -0.370 e. The smallest absolute Gasteiger partial charge is 0.0498 e. The number of benzene rings is 2. The van der Waals surface area contributed by atoms with Gasteiger partial charge in [0.25, 0.3) is 0 Å². The maximum absolute atomic E-state index is 3.67. The Labute approximate surface area is 134 Å². The molecule has 1 fully saturated rings. The fourth-order valence-electron chi connectivity index (χ4n) is 2.74. The fourth-order valence-corrected chi connectivity index (χ4v) is 3.27. The molecule has 2 aromatic carbocycles. The van der Waals surface area contributed by atoms with Gasteiger partial charge in [-0.3, -0.25) is 0 Å². The first-order chi connectivity index (χ1) is 9.83. The molecule has 1 N–H and O–H groups in total. The molecular weight excluding hydrogens is 359 g/mol. The molecule has 1 aliphatic rings. The Bertz CT molecular complexity index is 556. The molecule has 1 unspecified atom stereocenters. The van der Waals surface area contributed by atoms with Crippen LogP contribution < -0.4 is 10.2 Å². The minimum atomic E-state index is 0.413. The number of hydrogen-bond acceptors (Lipinski definition) is 2. The molecule has 1 aliphatic heterocycles. The van der Waals surface area contributed by atoms with E-state index in [1.807, 2.05) is 0 Å². The number of halogens is 1. The van der Waals surface area contributed by atoms with Crippen LogP contribution in [0.4, 0.5) is 5.69 Å². The first kappa shape index (κ1) is 13.9. The van der Waals surface area contributed by atoms with E-state index in [9.17, 15) is 0 Å². The van der Waals surface area contributed by atoms with Gasteiger partial charge >= 0.3 is 0 Å². The first-order valence-electron chi connectivity index (χ1n) is 7.12. The standard InChI is InChI=1S/C17H19IN2/c18-15-8-4-9-16(12-15)20-11-5-10-19-17(13-20)14-6-2-1-3-7-14/h1-4,6-9,12,17,19H,5,10-11,13H2. The Balaban J connectivity index is 1.82. The topological polar surface area (TPSA) is 15.3 Å². The van der Waals surface area contributed by atoms with E-state index in [2.05, 4.69) is 87.4 Å². The molecule has 3 heteroatoms. The zero-order valence-electron chi connectivity index (χ0n) is 11.4. The SMILES string of the molecule is Ic1cccc(N2CCCNC(c3ccccc3)C2)c1. The second kappa shape index (κ2) is 6.59. The van der Waals surface area contributed by atoms with Crippen LogP contribution in [0.5, 0.6) is 0 Å². The van der Waals surface area contributed by atoms with Crippen LogP contribution in [0.15, 0.2) is 54.6 Å². The van der Waals surface area contributed by atoms with E-state index in [0.29, 0.717) is 6.04 Å². The van der Waals surface area contributed by atoms with Crippen molar-refractivity contribution in [2.75, 3.05) is 24.5 Å². The average molecular weight is 378 g/mol. The number of rotatable bonds is 2. The van der Waals surface area contributed by atoms with E-state index < -0.39 is 0 Å². The zero-order valence-corrected chi connectivity index (χ0v) is 13.6. The lowest BCUT2D eigenvalue weighted by Crippen LogP contribution is -2.31. The second-order valence-electron chi connectivity index (χ2n) is 5.20. The number of anilines is 1. The molecule has 0 amide bonds. The highest BCUT2D eigenvalue weighted by Gasteiger charge is 2.19. The van der Waals surface area contributed by atoms with Crippen molar-refractivity contribution in [2.24, 2.45) is 0 Å². The van der Waals surface area contributed by atoms with Crippen molar-refractivity contribution in [3.05, 3.63) is 63.7 Å². The van der Waals surface area contributed by atoms with Crippen LogP contribution in [0.2, 0.25) is 0 Å². The molecule has 0 aliphatic carbocycles. The van der Waals surface area contributed by atoms with Gasteiger partial charge < -0.3 is 10.2 Å². The summed E-state index contributed by atoms with van der Waals surface area (Å²) in [6.45, 7) is 3.24. The van der Waals surface area contributed by atoms with E-state index in [1.165, 1.54) is 21.2 Å². The summed E-state index contributed by atoms with van der Waals surface area (Å²) in [7, 11) is 0. The van der Waals surface area contributed by atoms with Crippen LogP contribution in [-0.4, -0.2) is 19.6 Å². The molecule has 20 heavy (non-hydrogen) atoms. The van der Waals surface area contributed by atoms with E-state index in [4.69, 9.17) is 0 Å². The van der Waals surface area contributed by atoms with Crippen LogP contribution in [0.25, 0.3) is 0 Å². The van der Waals surface area contributed by atoms with Crippen molar-refractivity contribution in [3.63, 3.8) is 0 Å². The molecule has 0 spiro atoms. The second-order valence-corrected chi connectivity index (χ2v) is 6.44. The van der Waals surface area contributed by atoms with Gasteiger partial charge in [-0.15, -0.1) is 0 Å². The van der Waals surface area contributed by atoms with Crippen LogP contribution in [0, 0.1) is 3.57 Å². The lowest BCUT2D eigenvalue weighted by atomic mass is 10.1. The molecular formula is C17H19IN2. The van der Waals surface area contributed by atoms with Gasteiger partial charge in [0.2, 0.25) is 0 Å². The van der Waals surface area contributed by atoms with E-state index in [0.717, 1.165) is 19.6 Å².